The van der Waals surface area contributed by atoms with Gasteiger partial charge in [0.15, 0.2) is 0 Å². The van der Waals surface area contributed by atoms with Crippen molar-refractivity contribution in [1.82, 2.24) is 4.90 Å². The van der Waals surface area contributed by atoms with Crippen molar-refractivity contribution in [3.05, 3.63) is 29.8 Å². The zero-order valence-corrected chi connectivity index (χ0v) is 11.0. The summed E-state index contributed by atoms with van der Waals surface area (Å²) >= 11 is 0. The molecule has 98 valence electrons. The van der Waals surface area contributed by atoms with Crippen molar-refractivity contribution in [1.29, 1.82) is 0 Å². The molecule has 0 aromatic heterocycles. The van der Waals surface area contributed by atoms with Gasteiger partial charge in [-0.15, -0.1) is 0 Å². The molecule has 2 unspecified atom stereocenters. The quantitative estimate of drug-likeness (QED) is 0.855. The van der Waals surface area contributed by atoms with Gasteiger partial charge >= 0.3 is 0 Å². The molecule has 3 nitrogen and oxygen atoms in total. The number of aliphatic hydroxyl groups is 1. The molecule has 3 rings (SSSR count). The first kappa shape index (κ1) is 12.0. The molecule has 2 atom stereocenters. The lowest BCUT2D eigenvalue weighted by Crippen LogP contribution is -2.31. The molecule has 1 aromatic rings. The third-order valence-corrected chi connectivity index (χ3v) is 4.12. The van der Waals surface area contributed by atoms with E-state index in [0.717, 1.165) is 23.8 Å². The molecule has 3 heteroatoms. The molecule has 1 saturated heterocycles. The van der Waals surface area contributed by atoms with Gasteiger partial charge in [-0.25, -0.2) is 0 Å². The first-order valence-electron chi connectivity index (χ1n) is 6.98. The van der Waals surface area contributed by atoms with E-state index in [0.29, 0.717) is 12.1 Å². The highest BCUT2D eigenvalue weighted by molar-refractivity contribution is 5.46. The smallest absolute Gasteiger partial charge is 0.0682 e. The largest absolute Gasteiger partial charge is 0.392 e. The number of rotatable bonds is 4. The molecule has 2 aliphatic rings. The third-order valence-electron chi connectivity index (χ3n) is 4.12. The molecule has 2 fully saturated rings. The van der Waals surface area contributed by atoms with E-state index in [4.69, 9.17) is 5.11 Å². The van der Waals surface area contributed by atoms with Gasteiger partial charge in [0.1, 0.15) is 0 Å². The Hall–Kier alpha value is -1.06. The van der Waals surface area contributed by atoms with Crippen LogP contribution in [-0.4, -0.2) is 34.7 Å². The molecule has 1 aliphatic heterocycles. The number of anilines is 1. The van der Waals surface area contributed by atoms with Crippen LogP contribution in [-0.2, 0) is 6.61 Å². The Morgan fingerprint density at radius 3 is 2.94 bits per heavy atom. The molecule has 18 heavy (non-hydrogen) atoms. The normalized spacial score (nSPS) is 28.6. The van der Waals surface area contributed by atoms with Gasteiger partial charge in [0, 0.05) is 30.4 Å². The van der Waals surface area contributed by atoms with Crippen LogP contribution in [0.2, 0.25) is 0 Å². The van der Waals surface area contributed by atoms with Gasteiger partial charge in [0.05, 0.1) is 6.61 Å². The second-order valence-electron chi connectivity index (χ2n) is 5.71. The van der Waals surface area contributed by atoms with E-state index >= 15 is 0 Å². The molecule has 0 bridgehead atoms. The second kappa shape index (κ2) is 4.90. The predicted octanol–water partition coefficient (Wildman–Crippen LogP) is 2.22. The highest BCUT2D eigenvalue weighted by Gasteiger charge is 2.38. The van der Waals surface area contributed by atoms with Gasteiger partial charge < -0.3 is 10.4 Å². The Morgan fingerprint density at radius 1 is 1.39 bits per heavy atom. The molecule has 1 aliphatic carbocycles. The monoisotopic (exact) mass is 246 g/mol. The molecule has 0 spiro atoms. The average Bonchev–Trinajstić information content (AvgIpc) is 3.15. The van der Waals surface area contributed by atoms with Crippen LogP contribution >= 0.6 is 0 Å². The van der Waals surface area contributed by atoms with Crippen molar-refractivity contribution in [2.75, 3.05) is 11.9 Å². The van der Waals surface area contributed by atoms with Gasteiger partial charge in [-0.2, -0.15) is 0 Å². The minimum atomic E-state index is 0.116. The van der Waals surface area contributed by atoms with Gasteiger partial charge in [-0.3, -0.25) is 4.90 Å². The van der Waals surface area contributed by atoms with Gasteiger partial charge in [-0.05, 0) is 43.9 Å². The van der Waals surface area contributed by atoms with Crippen molar-refractivity contribution in [3.63, 3.8) is 0 Å². The first-order chi connectivity index (χ1) is 8.76. The zero-order valence-electron chi connectivity index (χ0n) is 11.0. The van der Waals surface area contributed by atoms with Crippen LogP contribution in [0.4, 0.5) is 5.69 Å². The van der Waals surface area contributed by atoms with E-state index in [2.05, 4.69) is 23.2 Å². The van der Waals surface area contributed by atoms with E-state index in [1.807, 2.05) is 18.2 Å². The number of nitrogens with one attached hydrogen (secondary N) is 1. The summed E-state index contributed by atoms with van der Waals surface area (Å²) in [4.78, 5) is 2.65. The number of nitrogens with zero attached hydrogens (tertiary/aromatic N) is 1. The van der Waals surface area contributed by atoms with E-state index in [1.165, 1.54) is 19.3 Å². The molecular weight excluding hydrogens is 224 g/mol. The Bertz CT molecular complexity index is 417. The van der Waals surface area contributed by atoms with Gasteiger partial charge in [0.25, 0.3) is 0 Å². The third kappa shape index (κ3) is 2.52. The summed E-state index contributed by atoms with van der Waals surface area (Å²) in [5, 5.41) is 12.8. The van der Waals surface area contributed by atoms with Crippen molar-refractivity contribution >= 4 is 5.69 Å². The maximum atomic E-state index is 9.15. The summed E-state index contributed by atoms with van der Waals surface area (Å²) in [5.41, 5.74) is 2.11. The lowest BCUT2D eigenvalue weighted by molar-refractivity contribution is 0.257. The van der Waals surface area contributed by atoms with Crippen LogP contribution in [0.15, 0.2) is 24.3 Å². The van der Waals surface area contributed by atoms with Gasteiger partial charge in [0.2, 0.25) is 0 Å². The average molecular weight is 246 g/mol. The van der Waals surface area contributed by atoms with Crippen LogP contribution in [0.3, 0.4) is 0 Å². The molecule has 2 N–H and O–H groups in total. The fourth-order valence-electron chi connectivity index (χ4n) is 3.07. The van der Waals surface area contributed by atoms with E-state index < -0.39 is 0 Å². The first-order valence-corrected chi connectivity index (χ1v) is 6.98. The van der Waals surface area contributed by atoms with Crippen molar-refractivity contribution in [2.45, 2.75) is 50.9 Å². The fourth-order valence-corrected chi connectivity index (χ4v) is 3.07. The second-order valence-corrected chi connectivity index (χ2v) is 5.71. The molecule has 1 saturated carbocycles. The van der Waals surface area contributed by atoms with Crippen molar-refractivity contribution in [2.24, 2.45) is 0 Å². The maximum Gasteiger partial charge on any atom is 0.0682 e. The predicted molar refractivity (Wildman–Crippen MR) is 73.6 cm³/mol. The lowest BCUT2D eigenvalue weighted by Gasteiger charge is -2.20. The Morgan fingerprint density at radius 2 is 2.22 bits per heavy atom. The topological polar surface area (TPSA) is 35.5 Å². The van der Waals surface area contributed by atoms with Crippen LogP contribution < -0.4 is 5.32 Å². The molecule has 0 amide bonds. The lowest BCUT2D eigenvalue weighted by atomic mass is 10.1. The highest BCUT2D eigenvalue weighted by atomic mass is 16.3. The number of aliphatic hydroxyl groups excluding tert-OH is 1. The van der Waals surface area contributed by atoms with E-state index in [1.54, 1.807) is 0 Å². The summed E-state index contributed by atoms with van der Waals surface area (Å²) in [7, 11) is 0. The Balaban J connectivity index is 1.62. The standard InChI is InChI=1S/C15H22N2O/c1-11-7-14(9-17(11)15-5-6-15)16-13-4-2-3-12(8-13)10-18/h2-4,8,11,14-16,18H,5-7,9-10H2,1H3. The zero-order chi connectivity index (χ0) is 12.5. The minimum absolute atomic E-state index is 0.116. The molecule has 1 aromatic carbocycles. The number of hydrogen-bond acceptors (Lipinski definition) is 3. The van der Waals surface area contributed by atoms with E-state index in [9.17, 15) is 0 Å². The summed E-state index contributed by atoms with van der Waals surface area (Å²) in [6.45, 7) is 3.62. The molecule has 1 heterocycles. The number of likely N-dealkylation sites (tertiary alicyclic amines) is 1. The van der Waals surface area contributed by atoms with Crippen LogP contribution in [0.5, 0.6) is 0 Å². The number of benzene rings is 1. The fraction of sp³-hybridized carbons (Fsp3) is 0.600. The van der Waals surface area contributed by atoms with Crippen LogP contribution in [0.25, 0.3) is 0 Å². The maximum absolute atomic E-state index is 9.15. The molecular formula is C15H22N2O. The van der Waals surface area contributed by atoms with Crippen molar-refractivity contribution < 1.29 is 5.11 Å². The van der Waals surface area contributed by atoms with E-state index in [-0.39, 0.29) is 6.61 Å². The Labute approximate surface area is 109 Å². The Kier molecular flexibility index (Phi) is 3.27. The van der Waals surface area contributed by atoms with Crippen molar-refractivity contribution in [3.8, 4) is 0 Å². The van der Waals surface area contributed by atoms with Crippen LogP contribution in [0, 0.1) is 0 Å². The molecule has 0 radical (unpaired) electrons. The summed E-state index contributed by atoms with van der Waals surface area (Å²) in [5.74, 6) is 0. The SMILES string of the molecule is CC1CC(Nc2cccc(CO)c2)CN1C1CC1. The van der Waals surface area contributed by atoms with Crippen LogP contribution in [0.1, 0.15) is 31.7 Å². The minimum Gasteiger partial charge on any atom is -0.392 e. The van der Waals surface area contributed by atoms with Gasteiger partial charge in [-0.1, -0.05) is 12.1 Å². The number of hydrogen-bond donors (Lipinski definition) is 2. The summed E-state index contributed by atoms with van der Waals surface area (Å²) in [6.07, 6.45) is 3.99. The summed E-state index contributed by atoms with van der Waals surface area (Å²) < 4.78 is 0. The highest BCUT2D eigenvalue weighted by Crippen LogP contribution is 2.34. The summed E-state index contributed by atoms with van der Waals surface area (Å²) in [6, 6.07) is 10.2.